The van der Waals surface area contributed by atoms with Crippen LogP contribution in [0.1, 0.15) is 19.8 Å². The first-order valence-corrected chi connectivity index (χ1v) is 6.53. The summed E-state index contributed by atoms with van der Waals surface area (Å²) in [6.07, 6.45) is 3.81. The SMILES string of the molecule is CCNc1nc(NCCCCOC)c2cn[nH]c2n1. The molecule has 19 heavy (non-hydrogen) atoms. The number of nitrogens with one attached hydrogen (secondary N) is 3. The molecule has 0 atom stereocenters. The van der Waals surface area contributed by atoms with Crippen molar-refractivity contribution < 1.29 is 4.74 Å². The van der Waals surface area contributed by atoms with Crippen LogP contribution in [-0.2, 0) is 4.74 Å². The van der Waals surface area contributed by atoms with Crippen molar-refractivity contribution in [3.63, 3.8) is 0 Å². The van der Waals surface area contributed by atoms with Gasteiger partial charge in [0.25, 0.3) is 0 Å². The van der Waals surface area contributed by atoms with E-state index in [-0.39, 0.29) is 0 Å². The summed E-state index contributed by atoms with van der Waals surface area (Å²) < 4.78 is 5.02. The Bertz CT molecular complexity index is 512. The van der Waals surface area contributed by atoms with Crippen LogP contribution in [0.3, 0.4) is 0 Å². The number of H-pyrrole nitrogens is 1. The van der Waals surface area contributed by atoms with E-state index in [1.54, 1.807) is 13.3 Å². The summed E-state index contributed by atoms with van der Waals surface area (Å²) in [4.78, 5) is 8.80. The number of unbranched alkanes of at least 4 members (excludes halogenated alkanes) is 1. The summed E-state index contributed by atoms with van der Waals surface area (Å²) in [6, 6.07) is 0. The molecule has 0 aliphatic rings. The molecule has 0 unspecified atom stereocenters. The van der Waals surface area contributed by atoms with E-state index in [1.807, 2.05) is 6.92 Å². The van der Waals surface area contributed by atoms with Gasteiger partial charge < -0.3 is 15.4 Å². The van der Waals surface area contributed by atoms with Crippen LogP contribution in [0.2, 0.25) is 0 Å². The molecule has 0 spiro atoms. The van der Waals surface area contributed by atoms with Gasteiger partial charge in [0.1, 0.15) is 5.82 Å². The molecule has 3 N–H and O–H groups in total. The average molecular weight is 264 g/mol. The number of methoxy groups -OCH3 is 1. The Labute approximate surface area is 112 Å². The van der Waals surface area contributed by atoms with E-state index in [4.69, 9.17) is 4.74 Å². The van der Waals surface area contributed by atoms with E-state index in [0.717, 1.165) is 49.4 Å². The predicted octanol–water partition coefficient (Wildman–Crippen LogP) is 1.62. The van der Waals surface area contributed by atoms with Crippen LogP contribution in [0.25, 0.3) is 11.0 Å². The van der Waals surface area contributed by atoms with E-state index in [2.05, 4.69) is 30.8 Å². The number of ether oxygens (including phenoxy) is 1. The minimum absolute atomic E-state index is 0.610. The fourth-order valence-electron chi connectivity index (χ4n) is 1.78. The number of rotatable bonds is 8. The molecule has 7 heteroatoms. The second-order valence-electron chi connectivity index (χ2n) is 4.19. The van der Waals surface area contributed by atoms with Gasteiger partial charge in [-0.05, 0) is 19.8 Å². The highest BCUT2D eigenvalue weighted by Crippen LogP contribution is 2.19. The third-order valence-electron chi connectivity index (χ3n) is 2.71. The van der Waals surface area contributed by atoms with Gasteiger partial charge in [-0.3, -0.25) is 5.10 Å². The van der Waals surface area contributed by atoms with Gasteiger partial charge in [0.05, 0.1) is 11.6 Å². The molecule has 7 nitrogen and oxygen atoms in total. The molecule has 0 fully saturated rings. The maximum absolute atomic E-state index is 5.02. The maximum Gasteiger partial charge on any atom is 0.226 e. The van der Waals surface area contributed by atoms with E-state index in [9.17, 15) is 0 Å². The first-order chi connectivity index (χ1) is 9.35. The predicted molar refractivity (Wildman–Crippen MR) is 75.4 cm³/mol. The molecule has 2 rings (SSSR count). The van der Waals surface area contributed by atoms with Gasteiger partial charge in [-0.2, -0.15) is 15.1 Å². The number of aromatic nitrogens is 4. The van der Waals surface area contributed by atoms with Gasteiger partial charge in [-0.1, -0.05) is 0 Å². The maximum atomic E-state index is 5.02. The standard InChI is InChI=1S/C12H20N6O/c1-3-13-12-16-10(14-6-4-5-7-19-2)9-8-15-18-11(9)17-12/h8H,3-7H2,1-2H3,(H3,13,14,15,16,17,18). The molecule has 0 saturated carbocycles. The van der Waals surface area contributed by atoms with Gasteiger partial charge in [0, 0.05) is 26.8 Å². The lowest BCUT2D eigenvalue weighted by Crippen LogP contribution is -2.08. The minimum Gasteiger partial charge on any atom is -0.385 e. The summed E-state index contributed by atoms with van der Waals surface area (Å²) in [5, 5.41) is 14.2. The molecule has 0 aliphatic heterocycles. The number of nitrogens with zero attached hydrogens (tertiary/aromatic N) is 3. The van der Waals surface area contributed by atoms with Crippen LogP contribution < -0.4 is 10.6 Å². The molecule has 0 amide bonds. The Kier molecular flexibility index (Phi) is 4.91. The van der Waals surface area contributed by atoms with E-state index in [0.29, 0.717) is 5.95 Å². The van der Waals surface area contributed by atoms with Crippen LogP contribution in [0, 0.1) is 0 Å². The Balaban J connectivity index is 2.04. The summed E-state index contributed by atoms with van der Waals surface area (Å²) in [5.74, 6) is 1.42. The van der Waals surface area contributed by atoms with E-state index in [1.165, 1.54) is 0 Å². The number of anilines is 2. The van der Waals surface area contributed by atoms with Gasteiger partial charge >= 0.3 is 0 Å². The first-order valence-electron chi connectivity index (χ1n) is 6.53. The molecule has 0 aromatic carbocycles. The van der Waals surface area contributed by atoms with Crippen molar-refractivity contribution in [2.24, 2.45) is 0 Å². The second-order valence-corrected chi connectivity index (χ2v) is 4.19. The van der Waals surface area contributed by atoms with Crippen molar-refractivity contribution in [3.05, 3.63) is 6.20 Å². The number of hydrogen-bond acceptors (Lipinski definition) is 6. The Morgan fingerprint density at radius 1 is 1.26 bits per heavy atom. The zero-order chi connectivity index (χ0) is 13.5. The molecular formula is C12H20N6O. The zero-order valence-electron chi connectivity index (χ0n) is 11.4. The molecule has 104 valence electrons. The van der Waals surface area contributed by atoms with Crippen molar-refractivity contribution >= 4 is 22.8 Å². The van der Waals surface area contributed by atoms with E-state index < -0.39 is 0 Å². The third-order valence-corrected chi connectivity index (χ3v) is 2.71. The fourth-order valence-corrected chi connectivity index (χ4v) is 1.78. The normalized spacial score (nSPS) is 10.8. The lowest BCUT2D eigenvalue weighted by molar-refractivity contribution is 0.194. The summed E-state index contributed by atoms with van der Waals surface area (Å²) in [6.45, 7) is 4.44. The summed E-state index contributed by atoms with van der Waals surface area (Å²) in [7, 11) is 1.72. The van der Waals surface area contributed by atoms with Gasteiger partial charge in [-0.15, -0.1) is 0 Å². The topological polar surface area (TPSA) is 87.8 Å². The van der Waals surface area contributed by atoms with Crippen molar-refractivity contribution in [2.45, 2.75) is 19.8 Å². The van der Waals surface area contributed by atoms with Crippen LogP contribution in [0.4, 0.5) is 11.8 Å². The van der Waals surface area contributed by atoms with Crippen molar-refractivity contribution in [2.75, 3.05) is 37.4 Å². The highest BCUT2D eigenvalue weighted by atomic mass is 16.5. The number of aromatic amines is 1. The molecule has 0 bridgehead atoms. The highest BCUT2D eigenvalue weighted by molar-refractivity contribution is 5.86. The molecule has 0 aliphatic carbocycles. The first kappa shape index (κ1) is 13.5. The molecular weight excluding hydrogens is 244 g/mol. The smallest absolute Gasteiger partial charge is 0.226 e. The largest absolute Gasteiger partial charge is 0.385 e. The van der Waals surface area contributed by atoms with Crippen molar-refractivity contribution in [3.8, 4) is 0 Å². The highest BCUT2D eigenvalue weighted by Gasteiger charge is 2.08. The summed E-state index contributed by atoms with van der Waals surface area (Å²) >= 11 is 0. The van der Waals surface area contributed by atoms with E-state index >= 15 is 0 Å². The molecule has 0 saturated heterocycles. The lowest BCUT2D eigenvalue weighted by Gasteiger charge is -2.08. The minimum atomic E-state index is 0.610. The van der Waals surface area contributed by atoms with Crippen LogP contribution >= 0.6 is 0 Å². The van der Waals surface area contributed by atoms with Gasteiger partial charge in [0.2, 0.25) is 5.95 Å². The molecule has 2 aromatic heterocycles. The van der Waals surface area contributed by atoms with Crippen LogP contribution in [0.15, 0.2) is 6.20 Å². The summed E-state index contributed by atoms with van der Waals surface area (Å²) in [5.41, 5.74) is 0.741. The van der Waals surface area contributed by atoms with Crippen LogP contribution in [0.5, 0.6) is 0 Å². The Morgan fingerprint density at radius 3 is 2.95 bits per heavy atom. The van der Waals surface area contributed by atoms with Crippen molar-refractivity contribution in [1.29, 1.82) is 0 Å². The average Bonchev–Trinajstić information content (AvgIpc) is 2.87. The fraction of sp³-hybridized carbons (Fsp3) is 0.583. The van der Waals surface area contributed by atoms with Crippen LogP contribution in [-0.4, -0.2) is 47.0 Å². The van der Waals surface area contributed by atoms with Crippen molar-refractivity contribution in [1.82, 2.24) is 20.2 Å². The second kappa shape index (κ2) is 6.89. The monoisotopic (exact) mass is 264 g/mol. The third kappa shape index (κ3) is 3.54. The Morgan fingerprint density at radius 2 is 2.16 bits per heavy atom. The van der Waals surface area contributed by atoms with Gasteiger partial charge in [0.15, 0.2) is 5.65 Å². The Hall–Kier alpha value is -1.89. The molecule has 0 radical (unpaired) electrons. The quantitative estimate of drug-likeness (QED) is 0.628. The number of fused-ring (bicyclic) bond motifs is 1. The lowest BCUT2D eigenvalue weighted by atomic mass is 10.3. The van der Waals surface area contributed by atoms with Gasteiger partial charge in [-0.25, -0.2) is 0 Å². The molecule has 2 aromatic rings. The number of hydrogen-bond donors (Lipinski definition) is 3. The zero-order valence-corrected chi connectivity index (χ0v) is 11.4. The molecule has 2 heterocycles.